The molecule has 8 heteroatoms. The van der Waals surface area contributed by atoms with Crippen molar-refractivity contribution in [3.05, 3.63) is 21.9 Å². The molecule has 1 rings (SSSR count). The van der Waals surface area contributed by atoms with E-state index in [0.717, 1.165) is 6.07 Å². The summed E-state index contributed by atoms with van der Waals surface area (Å²) in [5.41, 5.74) is 5.07. The lowest BCUT2D eigenvalue weighted by Gasteiger charge is -2.11. The number of rotatable bonds is 2. The molecule has 0 saturated heterocycles. The molecule has 1 aromatic rings. The van der Waals surface area contributed by atoms with E-state index in [9.17, 15) is 4.39 Å². The molecular formula is C6H5BCl2FNO3. The average molecular weight is 240 g/mol. The van der Waals surface area contributed by atoms with Crippen molar-refractivity contribution in [2.75, 3.05) is 5.73 Å². The Kier molecular flexibility index (Phi) is 3.44. The van der Waals surface area contributed by atoms with Gasteiger partial charge in [-0.15, -0.1) is 0 Å². The van der Waals surface area contributed by atoms with Crippen molar-refractivity contribution in [3.63, 3.8) is 0 Å². The van der Waals surface area contributed by atoms with Gasteiger partial charge >= 0.3 is 7.32 Å². The predicted molar refractivity (Wildman–Crippen MR) is 51.7 cm³/mol. The van der Waals surface area contributed by atoms with Gasteiger partial charge in [0.05, 0.1) is 15.7 Å². The van der Waals surface area contributed by atoms with Crippen LogP contribution in [0, 0.1) is 5.82 Å². The zero-order valence-electron chi connectivity index (χ0n) is 6.67. The van der Waals surface area contributed by atoms with Gasteiger partial charge in [-0.1, -0.05) is 23.2 Å². The molecule has 0 heterocycles. The van der Waals surface area contributed by atoms with Crippen LogP contribution in [0.4, 0.5) is 10.1 Å². The van der Waals surface area contributed by atoms with Crippen molar-refractivity contribution >= 4 is 36.2 Å². The lowest BCUT2D eigenvalue weighted by atomic mass is 10.2. The predicted octanol–water partition coefficient (Wildman–Crippen LogP) is 1.06. The maximum absolute atomic E-state index is 13.2. The van der Waals surface area contributed by atoms with E-state index in [1.54, 1.807) is 0 Å². The molecule has 0 unspecified atom stereocenters. The summed E-state index contributed by atoms with van der Waals surface area (Å²) in [5, 5.41) is 16.6. The second kappa shape index (κ2) is 4.23. The first kappa shape index (κ1) is 11.4. The number of halogens is 3. The van der Waals surface area contributed by atoms with Crippen LogP contribution in [0.1, 0.15) is 0 Å². The Labute approximate surface area is 89.2 Å². The first-order valence-electron chi connectivity index (χ1n) is 3.39. The van der Waals surface area contributed by atoms with Gasteiger partial charge in [-0.05, 0) is 6.07 Å². The number of benzene rings is 1. The number of nitrogens with two attached hydrogens (primary N) is 1. The normalized spacial score (nSPS) is 10.1. The number of anilines is 1. The molecule has 0 aromatic heterocycles. The third-order valence-corrected chi connectivity index (χ3v) is 1.98. The van der Waals surface area contributed by atoms with Crippen LogP contribution in [0.15, 0.2) is 6.07 Å². The molecule has 0 spiro atoms. The highest BCUT2D eigenvalue weighted by molar-refractivity contribution is 6.37. The summed E-state index contributed by atoms with van der Waals surface area (Å²) in [6.45, 7) is 0. The maximum atomic E-state index is 13.2. The monoisotopic (exact) mass is 239 g/mol. The smallest absolute Gasteiger partial charge is 0.508 e. The van der Waals surface area contributed by atoms with Crippen molar-refractivity contribution in [2.45, 2.75) is 0 Å². The lowest BCUT2D eigenvalue weighted by molar-refractivity contribution is 0.282. The van der Waals surface area contributed by atoms with Gasteiger partial charge in [0.15, 0.2) is 11.6 Å². The van der Waals surface area contributed by atoms with Crippen LogP contribution in [0.25, 0.3) is 0 Å². The molecule has 0 aliphatic carbocycles. The van der Waals surface area contributed by atoms with Crippen molar-refractivity contribution < 1.29 is 19.1 Å². The van der Waals surface area contributed by atoms with E-state index >= 15 is 0 Å². The van der Waals surface area contributed by atoms with Crippen LogP contribution in [0.5, 0.6) is 5.75 Å². The third kappa shape index (κ3) is 2.21. The lowest BCUT2D eigenvalue weighted by Crippen LogP contribution is -2.22. The van der Waals surface area contributed by atoms with Gasteiger partial charge in [-0.3, -0.25) is 0 Å². The van der Waals surface area contributed by atoms with Gasteiger partial charge in [-0.25, -0.2) is 4.39 Å². The molecule has 4 N–H and O–H groups in total. The molecule has 76 valence electrons. The van der Waals surface area contributed by atoms with Crippen LogP contribution < -0.4 is 10.4 Å². The molecule has 0 fully saturated rings. The Morgan fingerprint density at radius 2 is 1.93 bits per heavy atom. The van der Waals surface area contributed by atoms with Crippen LogP contribution in [-0.4, -0.2) is 17.4 Å². The minimum atomic E-state index is -2.19. The van der Waals surface area contributed by atoms with Gasteiger partial charge in [0.2, 0.25) is 0 Å². The van der Waals surface area contributed by atoms with Crippen molar-refractivity contribution in [2.24, 2.45) is 0 Å². The second-order valence-electron chi connectivity index (χ2n) is 2.34. The van der Waals surface area contributed by atoms with Crippen LogP contribution in [0.2, 0.25) is 10.0 Å². The summed E-state index contributed by atoms with van der Waals surface area (Å²) >= 11 is 11.0. The van der Waals surface area contributed by atoms with E-state index in [4.69, 9.17) is 39.0 Å². The van der Waals surface area contributed by atoms with Crippen molar-refractivity contribution in [1.82, 2.24) is 0 Å². The Bertz CT molecular complexity index is 337. The van der Waals surface area contributed by atoms with E-state index in [1.165, 1.54) is 0 Å². The third-order valence-electron chi connectivity index (χ3n) is 1.39. The van der Waals surface area contributed by atoms with Crippen molar-refractivity contribution in [1.29, 1.82) is 0 Å². The van der Waals surface area contributed by atoms with Gasteiger partial charge in [0, 0.05) is 0 Å². The molecule has 4 nitrogen and oxygen atoms in total. The van der Waals surface area contributed by atoms with E-state index in [1.807, 2.05) is 0 Å². The molecule has 0 aliphatic heterocycles. The van der Waals surface area contributed by atoms with Crippen LogP contribution in [-0.2, 0) is 0 Å². The van der Waals surface area contributed by atoms with Gasteiger partial charge in [0.1, 0.15) is 0 Å². The highest BCUT2D eigenvalue weighted by Crippen LogP contribution is 2.36. The summed E-state index contributed by atoms with van der Waals surface area (Å²) in [7, 11) is -2.19. The molecule has 14 heavy (non-hydrogen) atoms. The topological polar surface area (TPSA) is 75.7 Å². The van der Waals surface area contributed by atoms with E-state index in [0.29, 0.717) is 0 Å². The highest BCUT2D eigenvalue weighted by atomic mass is 35.5. The number of hydrogen-bond donors (Lipinski definition) is 3. The zero-order valence-corrected chi connectivity index (χ0v) is 8.18. The fraction of sp³-hybridized carbons (Fsp3) is 0. The molecule has 0 amide bonds. The summed E-state index contributed by atoms with van der Waals surface area (Å²) in [5.74, 6) is -1.58. The maximum Gasteiger partial charge on any atom is 0.707 e. The minimum absolute atomic E-state index is 0.0351. The number of nitrogen functional groups attached to an aromatic ring is 1. The Morgan fingerprint density at radius 3 is 2.43 bits per heavy atom. The first-order valence-corrected chi connectivity index (χ1v) is 4.15. The van der Waals surface area contributed by atoms with E-state index < -0.39 is 18.9 Å². The Balaban J connectivity index is 3.25. The molecule has 0 aliphatic rings. The molecular weight excluding hydrogens is 235 g/mol. The van der Waals surface area contributed by atoms with E-state index in [-0.39, 0.29) is 15.7 Å². The summed E-state index contributed by atoms with van der Waals surface area (Å²) < 4.78 is 17.5. The van der Waals surface area contributed by atoms with Gasteiger partial charge < -0.3 is 20.4 Å². The summed E-state index contributed by atoms with van der Waals surface area (Å²) in [6, 6.07) is 1.09. The van der Waals surface area contributed by atoms with Crippen molar-refractivity contribution in [3.8, 4) is 5.75 Å². The highest BCUT2D eigenvalue weighted by Gasteiger charge is 2.21. The van der Waals surface area contributed by atoms with E-state index in [2.05, 4.69) is 4.65 Å². The van der Waals surface area contributed by atoms with Gasteiger partial charge in [0.25, 0.3) is 0 Å². The van der Waals surface area contributed by atoms with Crippen LogP contribution in [0.3, 0.4) is 0 Å². The molecule has 1 aromatic carbocycles. The first-order chi connectivity index (χ1) is 6.43. The summed E-state index contributed by atoms with van der Waals surface area (Å²) in [4.78, 5) is 0. The fourth-order valence-corrected chi connectivity index (χ4v) is 1.25. The molecule has 0 bridgehead atoms. The largest absolute Gasteiger partial charge is 0.707 e. The summed E-state index contributed by atoms with van der Waals surface area (Å²) in [6.07, 6.45) is 0. The quantitative estimate of drug-likeness (QED) is 0.410. The molecule has 0 radical (unpaired) electrons. The zero-order chi connectivity index (χ0) is 10.9. The second-order valence-corrected chi connectivity index (χ2v) is 3.16. The Morgan fingerprint density at radius 1 is 1.36 bits per heavy atom. The fourth-order valence-electron chi connectivity index (χ4n) is 0.808. The SMILES string of the molecule is Nc1c(Cl)cc(Cl)c(F)c1OB(O)O. The van der Waals surface area contributed by atoms with Gasteiger partial charge in [-0.2, -0.15) is 0 Å². The number of hydrogen-bond acceptors (Lipinski definition) is 4. The minimum Gasteiger partial charge on any atom is -0.508 e. The standard InChI is InChI=1S/C6H5BCl2FNO3/c8-2-1-3(9)5(11)6(4(2)10)14-7(12)13/h1,12-13H,11H2. The van der Waals surface area contributed by atoms with Crippen LogP contribution >= 0.6 is 23.2 Å². The molecule has 0 atom stereocenters. The Hall–Kier alpha value is -0.685. The molecule has 0 saturated carbocycles. The average Bonchev–Trinajstić information content (AvgIpc) is 2.09.